The van der Waals surface area contributed by atoms with E-state index in [1.165, 1.54) is 17.6 Å². The van der Waals surface area contributed by atoms with Gasteiger partial charge in [0.15, 0.2) is 0 Å². The first-order chi connectivity index (χ1) is 12.8. The number of carbonyl (C=O) groups excluding carboxylic acids is 1. The van der Waals surface area contributed by atoms with E-state index in [1.807, 2.05) is 0 Å². The molecule has 0 saturated carbocycles. The Morgan fingerprint density at radius 1 is 1.37 bits per heavy atom. The van der Waals surface area contributed by atoms with Crippen LogP contribution in [0.15, 0.2) is 29.4 Å². The number of hydrogen-bond donors (Lipinski definition) is 0. The van der Waals surface area contributed by atoms with E-state index in [9.17, 15) is 9.18 Å². The minimum atomic E-state index is -0.634. The summed E-state index contributed by atoms with van der Waals surface area (Å²) in [6, 6.07) is 4.69. The van der Waals surface area contributed by atoms with Gasteiger partial charge in [-0.1, -0.05) is 24.9 Å². The fourth-order valence-corrected chi connectivity index (χ4v) is 3.64. The molecule has 27 heavy (non-hydrogen) atoms. The SMILES string of the molecule is CCCCc1cn(C(C)(C)C)s/c1=N\C(=O)c1cc(Cl)ccc1OCCF. The second-order valence-electron chi connectivity index (χ2n) is 7.25. The summed E-state index contributed by atoms with van der Waals surface area (Å²) in [7, 11) is 0. The normalized spacial score (nSPS) is 12.4. The van der Waals surface area contributed by atoms with Gasteiger partial charge in [0.1, 0.15) is 23.7 Å². The summed E-state index contributed by atoms with van der Waals surface area (Å²) in [5.41, 5.74) is 1.21. The van der Waals surface area contributed by atoms with E-state index in [4.69, 9.17) is 16.3 Å². The molecule has 0 fully saturated rings. The summed E-state index contributed by atoms with van der Waals surface area (Å²) >= 11 is 7.50. The van der Waals surface area contributed by atoms with Crippen molar-refractivity contribution in [3.8, 4) is 5.75 Å². The highest BCUT2D eigenvalue weighted by Crippen LogP contribution is 2.24. The molecule has 2 rings (SSSR count). The van der Waals surface area contributed by atoms with Crippen LogP contribution in [-0.2, 0) is 12.0 Å². The van der Waals surface area contributed by atoms with Crippen molar-refractivity contribution in [2.75, 3.05) is 13.3 Å². The van der Waals surface area contributed by atoms with Crippen molar-refractivity contribution in [2.24, 2.45) is 4.99 Å². The molecule has 0 saturated heterocycles. The second-order valence-corrected chi connectivity index (χ2v) is 8.64. The smallest absolute Gasteiger partial charge is 0.282 e. The largest absolute Gasteiger partial charge is 0.490 e. The molecule has 1 aromatic carbocycles. The Morgan fingerprint density at radius 2 is 2.11 bits per heavy atom. The molecule has 1 amide bonds. The molecule has 0 aliphatic carbocycles. The van der Waals surface area contributed by atoms with Crippen molar-refractivity contribution >= 4 is 29.0 Å². The lowest BCUT2D eigenvalue weighted by molar-refractivity contribution is 0.0994. The van der Waals surface area contributed by atoms with E-state index in [-0.39, 0.29) is 17.7 Å². The summed E-state index contributed by atoms with van der Waals surface area (Å²) in [5, 5.41) is 0.406. The summed E-state index contributed by atoms with van der Waals surface area (Å²) in [6.07, 6.45) is 5.03. The topological polar surface area (TPSA) is 43.6 Å². The molecular weight excluding hydrogens is 387 g/mol. The number of benzene rings is 1. The third-order valence-electron chi connectivity index (χ3n) is 3.90. The molecule has 4 nitrogen and oxygen atoms in total. The number of aromatic nitrogens is 1. The number of aryl methyl sites for hydroxylation is 1. The molecule has 1 heterocycles. The lowest BCUT2D eigenvalue weighted by Gasteiger charge is -2.19. The second kappa shape index (κ2) is 9.51. The first-order valence-corrected chi connectivity index (χ1v) is 10.2. The Bertz CT molecular complexity index is 852. The zero-order valence-electron chi connectivity index (χ0n) is 16.2. The van der Waals surface area contributed by atoms with Gasteiger partial charge in [-0.05, 0) is 63.3 Å². The maximum Gasteiger partial charge on any atom is 0.282 e. The molecule has 7 heteroatoms. The van der Waals surface area contributed by atoms with Gasteiger partial charge < -0.3 is 4.74 Å². The summed E-state index contributed by atoms with van der Waals surface area (Å²) < 4.78 is 20.6. The van der Waals surface area contributed by atoms with E-state index in [2.05, 4.69) is 42.8 Å². The van der Waals surface area contributed by atoms with Crippen LogP contribution in [0.4, 0.5) is 4.39 Å². The minimum absolute atomic E-state index is 0.0894. The zero-order valence-corrected chi connectivity index (χ0v) is 17.8. The molecule has 0 aliphatic heterocycles. The van der Waals surface area contributed by atoms with Crippen LogP contribution in [0.25, 0.3) is 0 Å². The van der Waals surface area contributed by atoms with Gasteiger partial charge >= 0.3 is 0 Å². The number of nitrogens with zero attached hydrogens (tertiary/aromatic N) is 2. The average Bonchev–Trinajstić information content (AvgIpc) is 3.01. The van der Waals surface area contributed by atoms with Crippen molar-refractivity contribution in [3.63, 3.8) is 0 Å². The third-order valence-corrected chi connectivity index (χ3v) is 5.51. The molecule has 148 valence electrons. The van der Waals surface area contributed by atoms with Crippen molar-refractivity contribution in [3.05, 3.63) is 45.2 Å². The molecule has 0 atom stereocenters. The summed E-state index contributed by atoms with van der Waals surface area (Å²) in [4.78, 5) is 17.2. The fourth-order valence-electron chi connectivity index (χ4n) is 2.43. The van der Waals surface area contributed by atoms with Gasteiger partial charge in [-0.25, -0.2) is 4.39 Å². The number of unbranched alkanes of at least 4 members (excludes halogenated alkanes) is 1. The Balaban J connectivity index is 2.47. The van der Waals surface area contributed by atoms with Gasteiger partial charge in [0, 0.05) is 22.3 Å². The Kier molecular flexibility index (Phi) is 7.62. The maximum atomic E-state index is 12.8. The molecule has 0 spiro atoms. The Labute approximate surface area is 168 Å². The van der Waals surface area contributed by atoms with Gasteiger partial charge in [0.25, 0.3) is 5.91 Å². The maximum absolute atomic E-state index is 12.8. The number of rotatable bonds is 7. The highest BCUT2D eigenvalue weighted by Gasteiger charge is 2.18. The van der Waals surface area contributed by atoms with Crippen LogP contribution >= 0.6 is 23.1 Å². The summed E-state index contributed by atoms with van der Waals surface area (Å²) in [5.74, 6) is -0.145. The molecule has 0 radical (unpaired) electrons. The zero-order chi connectivity index (χ0) is 20.0. The molecule has 0 unspecified atom stereocenters. The number of halogens is 2. The minimum Gasteiger partial charge on any atom is -0.490 e. The van der Waals surface area contributed by atoms with Gasteiger partial charge in [0.2, 0.25) is 0 Å². The molecule has 2 aromatic rings. The van der Waals surface area contributed by atoms with E-state index in [0.717, 1.165) is 24.8 Å². The van der Waals surface area contributed by atoms with Gasteiger partial charge in [-0.3, -0.25) is 8.75 Å². The predicted molar refractivity (Wildman–Crippen MR) is 109 cm³/mol. The van der Waals surface area contributed by atoms with Crippen LogP contribution in [0.2, 0.25) is 5.02 Å². The first-order valence-electron chi connectivity index (χ1n) is 9.06. The third kappa shape index (κ3) is 5.91. The highest BCUT2D eigenvalue weighted by molar-refractivity contribution is 7.04. The molecule has 1 aromatic heterocycles. The average molecular weight is 413 g/mol. The van der Waals surface area contributed by atoms with Crippen LogP contribution in [0.3, 0.4) is 0 Å². The predicted octanol–water partition coefficient (Wildman–Crippen LogP) is 5.39. The van der Waals surface area contributed by atoms with Crippen LogP contribution in [0.1, 0.15) is 56.5 Å². The van der Waals surface area contributed by atoms with E-state index >= 15 is 0 Å². The standard InChI is InChI=1S/C20H26ClFN2O2S/c1-5-6-7-14-13-24(20(2,3)4)27-19(14)23-18(25)16-12-15(21)8-9-17(16)26-11-10-22/h8-9,12-13H,5-7,10-11H2,1-4H3/b23-19-. The number of alkyl halides is 1. The summed E-state index contributed by atoms with van der Waals surface area (Å²) in [6.45, 7) is 7.71. The Morgan fingerprint density at radius 3 is 2.74 bits per heavy atom. The van der Waals surface area contributed by atoms with Gasteiger partial charge in [-0.2, -0.15) is 4.99 Å². The molecule has 0 N–H and O–H groups in total. The van der Waals surface area contributed by atoms with Crippen molar-refractivity contribution < 1.29 is 13.9 Å². The highest BCUT2D eigenvalue weighted by atomic mass is 35.5. The van der Waals surface area contributed by atoms with E-state index in [0.29, 0.717) is 15.4 Å². The number of ether oxygens (including phenoxy) is 1. The number of hydrogen-bond acceptors (Lipinski definition) is 3. The quantitative estimate of drug-likeness (QED) is 0.611. The van der Waals surface area contributed by atoms with Crippen LogP contribution in [0.5, 0.6) is 5.75 Å². The van der Waals surface area contributed by atoms with Crippen molar-refractivity contribution in [1.82, 2.24) is 3.96 Å². The number of carbonyl (C=O) groups is 1. The van der Waals surface area contributed by atoms with Crippen LogP contribution in [-0.4, -0.2) is 23.1 Å². The molecule has 0 aliphatic rings. The van der Waals surface area contributed by atoms with Crippen LogP contribution < -0.4 is 9.41 Å². The van der Waals surface area contributed by atoms with E-state index in [1.54, 1.807) is 12.1 Å². The van der Waals surface area contributed by atoms with Crippen molar-refractivity contribution in [2.45, 2.75) is 52.5 Å². The van der Waals surface area contributed by atoms with Gasteiger partial charge in [-0.15, -0.1) is 0 Å². The lowest BCUT2D eigenvalue weighted by atomic mass is 10.1. The fraction of sp³-hybridized carbons (Fsp3) is 0.500. The monoisotopic (exact) mass is 412 g/mol. The molecule has 0 bridgehead atoms. The Hall–Kier alpha value is -1.66. The van der Waals surface area contributed by atoms with E-state index < -0.39 is 12.6 Å². The molecular formula is C20H26ClFN2O2S. The lowest BCUT2D eigenvalue weighted by Crippen LogP contribution is -2.18. The van der Waals surface area contributed by atoms with Gasteiger partial charge in [0.05, 0.1) is 5.56 Å². The van der Waals surface area contributed by atoms with Crippen molar-refractivity contribution in [1.29, 1.82) is 0 Å². The first kappa shape index (κ1) is 21.6. The number of amides is 1. The van der Waals surface area contributed by atoms with Crippen LogP contribution in [0, 0.1) is 0 Å².